The van der Waals surface area contributed by atoms with Crippen LogP contribution in [0.15, 0.2) is 35.1 Å². The molecule has 7 heteroatoms. The summed E-state index contributed by atoms with van der Waals surface area (Å²) in [7, 11) is -1.48. The van der Waals surface area contributed by atoms with E-state index in [1.165, 1.54) is 11.0 Å². The zero-order chi connectivity index (χ0) is 15.9. The molecular weight excluding hydrogens is 304 g/mol. The highest BCUT2D eigenvalue weighted by atomic mass is 32.2. The molecule has 1 aliphatic heterocycles. The minimum absolute atomic E-state index is 0.0175. The van der Waals surface area contributed by atoms with E-state index in [2.05, 4.69) is 4.98 Å². The van der Waals surface area contributed by atoms with Crippen LogP contribution in [0.4, 0.5) is 0 Å². The predicted molar refractivity (Wildman–Crippen MR) is 83.7 cm³/mol. The van der Waals surface area contributed by atoms with Gasteiger partial charge in [-0.1, -0.05) is 18.2 Å². The van der Waals surface area contributed by atoms with Gasteiger partial charge in [-0.3, -0.25) is 9.59 Å². The van der Waals surface area contributed by atoms with E-state index in [4.69, 9.17) is 0 Å². The van der Waals surface area contributed by atoms with Gasteiger partial charge >= 0.3 is 0 Å². The number of carbonyl (C=O) groups excluding carboxylic acids is 1. The number of hydrogen-bond acceptors (Lipinski definition) is 4. The highest BCUT2D eigenvalue weighted by molar-refractivity contribution is 7.91. The van der Waals surface area contributed by atoms with Gasteiger partial charge in [-0.15, -0.1) is 0 Å². The quantitative estimate of drug-likeness (QED) is 0.886. The Morgan fingerprint density at radius 1 is 1.32 bits per heavy atom. The van der Waals surface area contributed by atoms with Gasteiger partial charge in [-0.05, 0) is 12.5 Å². The lowest BCUT2D eigenvalue weighted by atomic mass is 10.1. The van der Waals surface area contributed by atoms with Gasteiger partial charge in [0.05, 0.1) is 17.1 Å². The molecule has 0 spiro atoms. The monoisotopic (exact) mass is 320 g/mol. The van der Waals surface area contributed by atoms with E-state index < -0.39 is 9.84 Å². The van der Waals surface area contributed by atoms with Gasteiger partial charge in [-0.25, -0.2) is 8.42 Å². The van der Waals surface area contributed by atoms with Crippen LogP contribution in [0.25, 0.3) is 10.9 Å². The number of nitrogens with zero attached hydrogens (tertiary/aromatic N) is 1. The number of carbonyl (C=O) groups is 1. The summed E-state index contributed by atoms with van der Waals surface area (Å²) >= 11 is 0. The fraction of sp³-hybridized carbons (Fsp3) is 0.333. The largest absolute Gasteiger partial charge is 0.338 e. The van der Waals surface area contributed by atoms with Gasteiger partial charge in [0.25, 0.3) is 5.91 Å². The van der Waals surface area contributed by atoms with E-state index in [0.29, 0.717) is 22.9 Å². The molecule has 1 amide bonds. The number of nitrogens with one attached hydrogen (secondary N) is 1. The van der Waals surface area contributed by atoms with Crippen LogP contribution in [-0.4, -0.2) is 48.8 Å². The fourth-order valence-corrected chi connectivity index (χ4v) is 4.59. The molecule has 22 heavy (non-hydrogen) atoms. The van der Waals surface area contributed by atoms with Crippen molar-refractivity contribution in [3.8, 4) is 0 Å². The Morgan fingerprint density at radius 3 is 2.73 bits per heavy atom. The third-order valence-corrected chi connectivity index (χ3v) is 5.81. The van der Waals surface area contributed by atoms with E-state index in [-0.39, 0.29) is 29.0 Å². The van der Waals surface area contributed by atoms with Crippen LogP contribution in [0, 0.1) is 0 Å². The fourth-order valence-electron chi connectivity index (χ4n) is 2.82. The molecule has 1 aromatic heterocycles. The zero-order valence-electron chi connectivity index (χ0n) is 12.1. The summed E-state index contributed by atoms with van der Waals surface area (Å²) in [4.78, 5) is 28.5. The van der Waals surface area contributed by atoms with Crippen molar-refractivity contribution < 1.29 is 13.2 Å². The second-order valence-corrected chi connectivity index (χ2v) is 7.79. The topological polar surface area (TPSA) is 87.3 Å². The standard InChI is InChI=1S/C15H16N2O4S/c1-17(10-6-7-22(20,21)9-10)15(19)12-8-14(18)16-13-5-3-2-4-11(12)13/h2-5,8,10H,6-7,9H2,1H3,(H,16,18)/t10-/m1/s1. The van der Waals surface area contributed by atoms with Crippen molar-refractivity contribution in [1.82, 2.24) is 9.88 Å². The van der Waals surface area contributed by atoms with E-state index in [0.717, 1.165) is 0 Å². The minimum atomic E-state index is -3.07. The number of aromatic amines is 1. The lowest BCUT2D eigenvalue weighted by Gasteiger charge is -2.23. The molecule has 1 fully saturated rings. The van der Waals surface area contributed by atoms with Crippen LogP contribution >= 0.6 is 0 Å². The lowest BCUT2D eigenvalue weighted by molar-refractivity contribution is 0.0749. The number of fused-ring (bicyclic) bond motifs is 1. The summed E-state index contributed by atoms with van der Waals surface area (Å²) in [5.41, 5.74) is 0.534. The van der Waals surface area contributed by atoms with Gasteiger partial charge in [0.2, 0.25) is 5.56 Å². The molecule has 0 aliphatic carbocycles. The molecular formula is C15H16N2O4S. The SMILES string of the molecule is CN(C(=O)c1cc(=O)[nH]c2ccccc12)[C@@H]1CCS(=O)(=O)C1. The molecule has 116 valence electrons. The Balaban J connectivity index is 2.00. The molecule has 3 rings (SSSR count). The molecule has 0 saturated carbocycles. The number of hydrogen-bond donors (Lipinski definition) is 1. The van der Waals surface area contributed by atoms with Gasteiger partial charge in [0.1, 0.15) is 0 Å². The van der Waals surface area contributed by atoms with Crippen LogP contribution in [0.2, 0.25) is 0 Å². The van der Waals surface area contributed by atoms with E-state index in [1.54, 1.807) is 31.3 Å². The van der Waals surface area contributed by atoms with Gasteiger partial charge in [0.15, 0.2) is 9.84 Å². The lowest BCUT2D eigenvalue weighted by Crippen LogP contribution is -2.38. The smallest absolute Gasteiger partial charge is 0.254 e. The van der Waals surface area contributed by atoms with Gasteiger partial charge in [0, 0.05) is 30.1 Å². The van der Waals surface area contributed by atoms with Crippen LogP contribution in [0.1, 0.15) is 16.8 Å². The first kappa shape index (κ1) is 14.8. The summed E-state index contributed by atoms with van der Waals surface area (Å²) in [5, 5.41) is 0.653. The van der Waals surface area contributed by atoms with Crippen molar-refractivity contribution in [3.05, 3.63) is 46.2 Å². The highest BCUT2D eigenvalue weighted by Crippen LogP contribution is 2.21. The second kappa shape index (κ2) is 5.24. The maximum absolute atomic E-state index is 12.7. The average molecular weight is 320 g/mol. The molecule has 0 unspecified atom stereocenters. The van der Waals surface area contributed by atoms with Crippen LogP contribution in [-0.2, 0) is 9.84 Å². The molecule has 2 aromatic rings. The molecule has 1 aromatic carbocycles. The normalized spacial score (nSPS) is 20.1. The number of para-hydroxylation sites is 1. The molecule has 2 heterocycles. The summed E-state index contributed by atoms with van der Waals surface area (Å²) in [6, 6.07) is 7.99. The van der Waals surface area contributed by atoms with Crippen molar-refractivity contribution in [2.24, 2.45) is 0 Å². The Labute approximate surface area is 127 Å². The van der Waals surface area contributed by atoms with Crippen LogP contribution in [0.3, 0.4) is 0 Å². The summed E-state index contributed by atoms with van der Waals surface area (Å²) < 4.78 is 23.2. The predicted octanol–water partition coefficient (Wildman–Crippen LogP) is 0.787. The number of pyridine rings is 1. The Hall–Kier alpha value is -2.15. The molecule has 6 nitrogen and oxygen atoms in total. The third-order valence-electron chi connectivity index (χ3n) is 4.06. The number of amides is 1. The van der Waals surface area contributed by atoms with Crippen molar-refractivity contribution in [2.75, 3.05) is 18.6 Å². The molecule has 0 radical (unpaired) electrons. The van der Waals surface area contributed by atoms with Gasteiger partial charge in [-0.2, -0.15) is 0 Å². The molecule has 1 atom stereocenters. The van der Waals surface area contributed by atoms with Gasteiger partial charge < -0.3 is 9.88 Å². The average Bonchev–Trinajstić information content (AvgIpc) is 2.85. The van der Waals surface area contributed by atoms with Crippen molar-refractivity contribution in [2.45, 2.75) is 12.5 Å². The third kappa shape index (κ3) is 2.64. The number of H-pyrrole nitrogens is 1. The minimum Gasteiger partial charge on any atom is -0.338 e. The number of aromatic nitrogens is 1. The van der Waals surface area contributed by atoms with Crippen LogP contribution < -0.4 is 5.56 Å². The summed E-state index contributed by atoms with van der Waals surface area (Å²) in [5.74, 6) is -0.244. The summed E-state index contributed by atoms with van der Waals surface area (Å²) in [6.07, 6.45) is 0.436. The number of rotatable bonds is 2. The molecule has 1 aliphatic rings. The maximum Gasteiger partial charge on any atom is 0.254 e. The molecule has 1 N–H and O–H groups in total. The van der Waals surface area contributed by atoms with Crippen molar-refractivity contribution in [3.63, 3.8) is 0 Å². The van der Waals surface area contributed by atoms with E-state index in [1.807, 2.05) is 0 Å². The number of benzene rings is 1. The first-order valence-corrected chi connectivity index (χ1v) is 8.79. The first-order valence-electron chi connectivity index (χ1n) is 6.97. The molecule has 1 saturated heterocycles. The van der Waals surface area contributed by atoms with Crippen molar-refractivity contribution in [1.29, 1.82) is 0 Å². The second-order valence-electron chi connectivity index (χ2n) is 5.57. The number of sulfone groups is 1. The Bertz CT molecular complexity index is 901. The van der Waals surface area contributed by atoms with Crippen molar-refractivity contribution >= 4 is 26.6 Å². The van der Waals surface area contributed by atoms with E-state index >= 15 is 0 Å². The first-order chi connectivity index (χ1) is 10.4. The molecule has 0 bridgehead atoms. The maximum atomic E-state index is 12.7. The Kier molecular flexibility index (Phi) is 3.52. The van der Waals surface area contributed by atoms with E-state index in [9.17, 15) is 18.0 Å². The summed E-state index contributed by atoms with van der Waals surface area (Å²) in [6.45, 7) is 0. The van der Waals surface area contributed by atoms with Crippen LogP contribution in [0.5, 0.6) is 0 Å². The zero-order valence-corrected chi connectivity index (χ0v) is 12.9. The Morgan fingerprint density at radius 2 is 2.05 bits per heavy atom. The highest BCUT2D eigenvalue weighted by Gasteiger charge is 2.33.